The fraction of sp³-hybridized carbons (Fsp3) is 0.364. The molecule has 1 amide bonds. The van der Waals surface area contributed by atoms with Crippen molar-refractivity contribution >= 4 is 27.0 Å². The van der Waals surface area contributed by atoms with Crippen molar-refractivity contribution in [3.63, 3.8) is 0 Å². The lowest BCUT2D eigenvalue weighted by Crippen LogP contribution is -2.31. The Morgan fingerprint density at radius 2 is 1.81 bits per heavy atom. The van der Waals surface area contributed by atoms with Gasteiger partial charge in [0.05, 0.1) is 10.4 Å². The summed E-state index contributed by atoms with van der Waals surface area (Å²) in [4.78, 5) is 24.7. The molecular formula is C22H25N3O5S. The van der Waals surface area contributed by atoms with Crippen molar-refractivity contribution in [2.75, 3.05) is 19.6 Å². The van der Waals surface area contributed by atoms with Gasteiger partial charge in [0, 0.05) is 25.7 Å². The third-order valence-electron chi connectivity index (χ3n) is 5.45. The topological polar surface area (TPSA) is 102 Å². The van der Waals surface area contributed by atoms with Crippen molar-refractivity contribution in [1.82, 2.24) is 14.2 Å². The van der Waals surface area contributed by atoms with Crippen molar-refractivity contribution < 1.29 is 17.6 Å². The highest BCUT2D eigenvalue weighted by Gasteiger charge is 2.28. The quantitative estimate of drug-likeness (QED) is 0.538. The molecular weight excluding hydrogens is 418 g/mol. The van der Waals surface area contributed by atoms with Crippen LogP contribution in [0.25, 0.3) is 11.1 Å². The van der Waals surface area contributed by atoms with Gasteiger partial charge >= 0.3 is 5.76 Å². The Balaban J connectivity index is 1.41. The highest BCUT2D eigenvalue weighted by atomic mass is 32.2. The number of rotatable bonds is 8. The van der Waals surface area contributed by atoms with Crippen molar-refractivity contribution in [3.8, 4) is 0 Å². The van der Waals surface area contributed by atoms with Crippen LogP contribution in [-0.4, -0.2) is 42.8 Å². The van der Waals surface area contributed by atoms with Gasteiger partial charge in [-0.15, -0.1) is 0 Å². The summed E-state index contributed by atoms with van der Waals surface area (Å²) in [6, 6.07) is 14.3. The number of sulfonamides is 1. The van der Waals surface area contributed by atoms with E-state index in [9.17, 15) is 18.0 Å². The second-order valence-electron chi connectivity index (χ2n) is 7.63. The number of nitrogens with one attached hydrogen (secondary N) is 1. The van der Waals surface area contributed by atoms with Crippen LogP contribution in [0, 0.1) is 0 Å². The van der Waals surface area contributed by atoms with E-state index in [1.165, 1.54) is 32.6 Å². The van der Waals surface area contributed by atoms with Crippen molar-refractivity contribution in [2.45, 2.75) is 37.1 Å². The van der Waals surface area contributed by atoms with Gasteiger partial charge in [-0.1, -0.05) is 30.3 Å². The van der Waals surface area contributed by atoms with Crippen LogP contribution in [0.4, 0.5) is 0 Å². The third kappa shape index (κ3) is 4.72. The standard InChI is InChI=1S/C22H25N3O5S/c26-21(23-12-6-9-17-7-2-1-3-8-17)16-25-19-11-10-18(15-20(19)30-22(25)27)31(28,29)24-13-4-5-14-24/h1-3,7-8,10-11,15H,4-6,9,12-14,16H2,(H,23,26). The second-order valence-corrected chi connectivity index (χ2v) is 9.57. The van der Waals surface area contributed by atoms with Gasteiger partial charge in [0.1, 0.15) is 6.54 Å². The highest BCUT2D eigenvalue weighted by molar-refractivity contribution is 7.89. The van der Waals surface area contributed by atoms with Crippen LogP contribution in [-0.2, 0) is 27.8 Å². The minimum absolute atomic E-state index is 0.0909. The fourth-order valence-corrected chi connectivity index (χ4v) is 5.33. The van der Waals surface area contributed by atoms with Gasteiger partial charge in [-0.05, 0) is 43.4 Å². The van der Waals surface area contributed by atoms with Gasteiger partial charge in [0.2, 0.25) is 15.9 Å². The van der Waals surface area contributed by atoms with Gasteiger partial charge < -0.3 is 9.73 Å². The highest BCUT2D eigenvalue weighted by Crippen LogP contribution is 2.24. The molecule has 31 heavy (non-hydrogen) atoms. The number of hydrogen-bond acceptors (Lipinski definition) is 5. The Labute approximate surface area is 180 Å². The molecule has 2 heterocycles. The minimum atomic E-state index is -3.61. The Hall–Kier alpha value is -2.91. The molecule has 2 aromatic carbocycles. The maximum absolute atomic E-state index is 12.7. The summed E-state index contributed by atoms with van der Waals surface area (Å²) in [5.41, 5.74) is 1.75. The average molecular weight is 444 g/mol. The predicted molar refractivity (Wildman–Crippen MR) is 116 cm³/mol. The van der Waals surface area contributed by atoms with Crippen LogP contribution in [0.5, 0.6) is 0 Å². The molecule has 0 radical (unpaired) electrons. The molecule has 1 fully saturated rings. The maximum Gasteiger partial charge on any atom is 0.420 e. The fourth-order valence-electron chi connectivity index (χ4n) is 3.80. The second kappa shape index (κ2) is 9.07. The average Bonchev–Trinajstić information content (AvgIpc) is 3.41. The van der Waals surface area contributed by atoms with Crippen molar-refractivity contribution in [1.29, 1.82) is 0 Å². The van der Waals surface area contributed by atoms with Crippen LogP contribution in [0.15, 0.2) is 62.6 Å². The number of carbonyl (C=O) groups is 1. The number of carbonyl (C=O) groups excluding carboxylic acids is 1. The molecule has 0 unspecified atom stereocenters. The molecule has 1 N–H and O–H groups in total. The SMILES string of the molecule is O=C(Cn1c(=O)oc2cc(S(=O)(=O)N3CCCC3)ccc21)NCCCc1ccccc1. The van der Waals surface area contributed by atoms with Gasteiger partial charge in [0.15, 0.2) is 5.58 Å². The molecule has 1 saturated heterocycles. The van der Waals surface area contributed by atoms with Gasteiger partial charge in [-0.25, -0.2) is 13.2 Å². The first-order chi connectivity index (χ1) is 14.9. The predicted octanol–water partition coefficient (Wildman–Crippen LogP) is 2.13. The zero-order chi connectivity index (χ0) is 21.8. The lowest BCUT2D eigenvalue weighted by molar-refractivity contribution is -0.121. The van der Waals surface area contributed by atoms with E-state index >= 15 is 0 Å². The van der Waals surface area contributed by atoms with Gasteiger partial charge in [0.25, 0.3) is 0 Å². The normalized spacial score (nSPS) is 14.8. The number of hydrogen-bond donors (Lipinski definition) is 1. The summed E-state index contributed by atoms with van der Waals surface area (Å²) in [6.45, 7) is 1.30. The van der Waals surface area contributed by atoms with Crippen LogP contribution >= 0.6 is 0 Å². The Morgan fingerprint density at radius 3 is 2.55 bits per heavy atom. The summed E-state index contributed by atoms with van der Waals surface area (Å²) in [5, 5.41) is 2.81. The van der Waals surface area contributed by atoms with Crippen molar-refractivity contribution in [3.05, 3.63) is 64.6 Å². The molecule has 4 rings (SSSR count). The zero-order valence-corrected chi connectivity index (χ0v) is 17.9. The number of amides is 1. The summed E-state index contributed by atoms with van der Waals surface area (Å²) in [5.74, 6) is -0.989. The number of fused-ring (bicyclic) bond motifs is 1. The first-order valence-electron chi connectivity index (χ1n) is 10.4. The lowest BCUT2D eigenvalue weighted by atomic mass is 10.1. The first kappa shape index (κ1) is 21.3. The molecule has 1 aliphatic heterocycles. The number of aromatic nitrogens is 1. The molecule has 1 aliphatic rings. The van der Waals surface area contributed by atoms with Crippen LogP contribution in [0.3, 0.4) is 0 Å². The number of nitrogens with zero attached hydrogens (tertiary/aromatic N) is 2. The minimum Gasteiger partial charge on any atom is -0.408 e. The summed E-state index contributed by atoms with van der Waals surface area (Å²) in [7, 11) is -3.61. The van der Waals surface area contributed by atoms with E-state index in [0.717, 1.165) is 25.7 Å². The third-order valence-corrected chi connectivity index (χ3v) is 7.35. The van der Waals surface area contributed by atoms with Gasteiger partial charge in [-0.3, -0.25) is 9.36 Å². The monoisotopic (exact) mass is 443 g/mol. The Morgan fingerprint density at radius 1 is 1.06 bits per heavy atom. The van der Waals surface area contributed by atoms with E-state index in [2.05, 4.69) is 5.32 Å². The summed E-state index contributed by atoms with van der Waals surface area (Å²) >= 11 is 0. The molecule has 0 atom stereocenters. The molecule has 0 bridgehead atoms. The molecule has 1 aromatic heterocycles. The Kier molecular flexibility index (Phi) is 6.24. The lowest BCUT2D eigenvalue weighted by Gasteiger charge is -2.15. The zero-order valence-electron chi connectivity index (χ0n) is 17.1. The summed E-state index contributed by atoms with van der Waals surface area (Å²) < 4.78 is 33.3. The molecule has 0 aliphatic carbocycles. The van der Waals surface area contributed by atoms with Crippen molar-refractivity contribution in [2.24, 2.45) is 0 Å². The summed E-state index contributed by atoms with van der Waals surface area (Å²) in [6.07, 6.45) is 3.32. The van der Waals surface area contributed by atoms with Gasteiger partial charge in [-0.2, -0.15) is 4.31 Å². The number of aryl methyl sites for hydroxylation is 1. The smallest absolute Gasteiger partial charge is 0.408 e. The van der Waals surface area contributed by atoms with E-state index in [-0.39, 0.29) is 22.9 Å². The van der Waals surface area contributed by atoms with Crippen LogP contribution in [0.1, 0.15) is 24.8 Å². The van der Waals surface area contributed by atoms with E-state index in [0.29, 0.717) is 25.2 Å². The van der Waals surface area contributed by atoms with Crippen LogP contribution in [0.2, 0.25) is 0 Å². The number of oxazole rings is 1. The van der Waals surface area contributed by atoms with E-state index in [4.69, 9.17) is 4.42 Å². The van der Waals surface area contributed by atoms with E-state index in [1.54, 1.807) is 0 Å². The molecule has 9 heteroatoms. The molecule has 0 spiro atoms. The largest absolute Gasteiger partial charge is 0.420 e. The molecule has 164 valence electrons. The maximum atomic E-state index is 12.7. The number of benzene rings is 2. The first-order valence-corrected chi connectivity index (χ1v) is 11.8. The molecule has 3 aromatic rings. The molecule has 0 saturated carbocycles. The Bertz CT molecular complexity index is 1230. The molecule has 8 nitrogen and oxygen atoms in total. The van der Waals surface area contributed by atoms with Crippen LogP contribution < -0.4 is 11.1 Å². The van der Waals surface area contributed by atoms with E-state index in [1.807, 2.05) is 30.3 Å². The van der Waals surface area contributed by atoms with E-state index < -0.39 is 15.8 Å².